The topological polar surface area (TPSA) is 89.3 Å². The van der Waals surface area contributed by atoms with Crippen LogP contribution in [0.3, 0.4) is 0 Å². The molecule has 5 N–H and O–H groups in total. The lowest BCUT2D eigenvalue weighted by Gasteiger charge is -2.21. The average molecular weight is 146 g/mol. The van der Waals surface area contributed by atoms with Gasteiger partial charge in [-0.25, -0.2) is 0 Å². The summed E-state index contributed by atoms with van der Waals surface area (Å²) in [4.78, 5) is 10.9. The summed E-state index contributed by atoms with van der Waals surface area (Å²) in [5.41, 5.74) is 9.29. The first-order valence-corrected chi connectivity index (χ1v) is 3.22. The standard InChI is InChI=1S/C6H14N2O2/c1-3-6(7,8)5(10)4(2)9/h4,9H,3,7-8H2,1-2H3. The van der Waals surface area contributed by atoms with E-state index in [1.165, 1.54) is 6.92 Å². The quantitative estimate of drug-likeness (QED) is 0.444. The fourth-order valence-electron chi connectivity index (χ4n) is 0.563. The van der Waals surface area contributed by atoms with Gasteiger partial charge in [0.2, 0.25) is 0 Å². The van der Waals surface area contributed by atoms with Crippen LogP contribution >= 0.6 is 0 Å². The van der Waals surface area contributed by atoms with Crippen LogP contribution in [0.2, 0.25) is 0 Å². The van der Waals surface area contributed by atoms with E-state index in [1.807, 2.05) is 0 Å². The summed E-state index contributed by atoms with van der Waals surface area (Å²) in [5.74, 6) is -0.519. The first kappa shape index (κ1) is 9.55. The van der Waals surface area contributed by atoms with E-state index < -0.39 is 17.6 Å². The maximum atomic E-state index is 10.9. The van der Waals surface area contributed by atoms with Gasteiger partial charge in [0.05, 0.1) is 0 Å². The zero-order valence-electron chi connectivity index (χ0n) is 6.29. The smallest absolute Gasteiger partial charge is 0.194 e. The number of hydrogen-bond donors (Lipinski definition) is 3. The monoisotopic (exact) mass is 146 g/mol. The number of ketones is 1. The molecule has 0 saturated carbocycles. The summed E-state index contributed by atoms with van der Waals surface area (Å²) in [5, 5.41) is 8.78. The Hall–Kier alpha value is -0.450. The van der Waals surface area contributed by atoms with E-state index in [0.29, 0.717) is 6.42 Å². The molecule has 0 bridgehead atoms. The zero-order chi connectivity index (χ0) is 8.36. The molecule has 1 atom stereocenters. The minimum atomic E-state index is -1.37. The Balaban J connectivity index is 4.19. The maximum absolute atomic E-state index is 10.9. The molecule has 0 spiro atoms. The van der Waals surface area contributed by atoms with Crippen molar-refractivity contribution in [3.63, 3.8) is 0 Å². The molecule has 10 heavy (non-hydrogen) atoms. The van der Waals surface area contributed by atoms with Gasteiger partial charge in [-0.3, -0.25) is 4.79 Å². The van der Waals surface area contributed by atoms with Crippen molar-refractivity contribution < 1.29 is 9.90 Å². The Labute approximate surface area is 60.2 Å². The van der Waals surface area contributed by atoms with Gasteiger partial charge < -0.3 is 16.6 Å². The van der Waals surface area contributed by atoms with Crippen LogP contribution in [-0.2, 0) is 4.79 Å². The number of nitrogens with two attached hydrogens (primary N) is 2. The molecular formula is C6H14N2O2. The number of hydrogen-bond acceptors (Lipinski definition) is 4. The maximum Gasteiger partial charge on any atom is 0.194 e. The Morgan fingerprint density at radius 3 is 2.20 bits per heavy atom. The summed E-state index contributed by atoms with van der Waals surface area (Å²) >= 11 is 0. The molecular weight excluding hydrogens is 132 g/mol. The molecule has 0 heterocycles. The number of rotatable bonds is 3. The largest absolute Gasteiger partial charge is 0.385 e. The number of carbonyl (C=O) groups is 1. The van der Waals surface area contributed by atoms with Crippen LogP contribution in [0, 0.1) is 0 Å². The third-order valence-electron chi connectivity index (χ3n) is 1.42. The van der Waals surface area contributed by atoms with Crippen LogP contribution in [0.15, 0.2) is 0 Å². The average Bonchev–Trinajstić information content (AvgIpc) is 1.86. The summed E-state index contributed by atoms with van der Waals surface area (Å²) in [6.07, 6.45) is -0.744. The molecule has 0 aliphatic rings. The number of carbonyl (C=O) groups excluding carboxylic acids is 1. The lowest BCUT2D eigenvalue weighted by Crippen LogP contribution is -2.58. The van der Waals surface area contributed by atoms with Crippen LogP contribution in [-0.4, -0.2) is 22.7 Å². The second kappa shape index (κ2) is 3.09. The molecule has 4 heteroatoms. The van der Waals surface area contributed by atoms with Gasteiger partial charge in [0.15, 0.2) is 5.78 Å². The molecule has 60 valence electrons. The Kier molecular flexibility index (Phi) is 2.96. The van der Waals surface area contributed by atoms with E-state index in [2.05, 4.69) is 0 Å². The summed E-state index contributed by atoms with van der Waals surface area (Å²) in [6, 6.07) is 0. The highest BCUT2D eigenvalue weighted by atomic mass is 16.3. The fourth-order valence-corrected chi connectivity index (χ4v) is 0.563. The van der Waals surface area contributed by atoms with E-state index in [0.717, 1.165) is 0 Å². The molecule has 1 unspecified atom stereocenters. The van der Waals surface area contributed by atoms with Gasteiger partial charge in [0.25, 0.3) is 0 Å². The number of aliphatic hydroxyl groups is 1. The van der Waals surface area contributed by atoms with Gasteiger partial charge in [0.1, 0.15) is 11.8 Å². The van der Waals surface area contributed by atoms with Crippen LogP contribution in [0.25, 0.3) is 0 Å². The normalized spacial score (nSPS) is 14.9. The SMILES string of the molecule is CCC(N)(N)C(=O)C(C)O. The van der Waals surface area contributed by atoms with Crippen molar-refractivity contribution in [3.8, 4) is 0 Å². The Bertz CT molecular complexity index is 132. The molecule has 0 radical (unpaired) electrons. The zero-order valence-corrected chi connectivity index (χ0v) is 6.29. The molecule has 0 aromatic carbocycles. The Morgan fingerprint density at radius 1 is 1.70 bits per heavy atom. The fraction of sp³-hybridized carbons (Fsp3) is 0.833. The van der Waals surface area contributed by atoms with Crippen molar-refractivity contribution in [1.82, 2.24) is 0 Å². The molecule has 0 aromatic heterocycles. The van der Waals surface area contributed by atoms with Crippen LogP contribution < -0.4 is 11.5 Å². The molecule has 0 aliphatic heterocycles. The minimum Gasteiger partial charge on any atom is -0.385 e. The predicted octanol–water partition coefficient (Wildman–Crippen LogP) is -1.04. The van der Waals surface area contributed by atoms with Crippen molar-refractivity contribution in [3.05, 3.63) is 0 Å². The molecule has 0 amide bonds. The van der Waals surface area contributed by atoms with E-state index in [1.54, 1.807) is 6.92 Å². The highest BCUT2D eigenvalue weighted by Gasteiger charge is 2.29. The van der Waals surface area contributed by atoms with E-state index in [9.17, 15) is 4.79 Å². The van der Waals surface area contributed by atoms with Crippen molar-refractivity contribution >= 4 is 5.78 Å². The first-order valence-electron chi connectivity index (χ1n) is 3.22. The summed E-state index contributed by atoms with van der Waals surface area (Å²) in [7, 11) is 0. The highest BCUT2D eigenvalue weighted by molar-refractivity contribution is 5.90. The van der Waals surface area contributed by atoms with Gasteiger partial charge in [0, 0.05) is 0 Å². The molecule has 0 aromatic rings. The van der Waals surface area contributed by atoms with Crippen LogP contribution in [0.4, 0.5) is 0 Å². The van der Waals surface area contributed by atoms with E-state index in [4.69, 9.17) is 16.6 Å². The highest BCUT2D eigenvalue weighted by Crippen LogP contribution is 2.01. The molecule has 0 fully saturated rings. The van der Waals surface area contributed by atoms with Gasteiger partial charge in [-0.1, -0.05) is 6.92 Å². The number of Topliss-reactive ketones (excluding diaryl/α,β-unsaturated/α-hetero) is 1. The Morgan fingerprint density at radius 2 is 2.10 bits per heavy atom. The second-order valence-electron chi connectivity index (χ2n) is 2.43. The van der Waals surface area contributed by atoms with Gasteiger partial charge in [-0.15, -0.1) is 0 Å². The predicted molar refractivity (Wildman–Crippen MR) is 38.1 cm³/mol. The van der Waals surface area contributed by atoms with E-state index in [-0.39, 0.29) is 0 Å². The third kappa shape index (κ3) is 2.06. The molecule has 0 rings (SSSR count). The van der Waals surface area contributed by atoms with Crippen molar-refractivity contribution in [2.45, 2.75) is 32.0 Å². The minimum absolute atomic E-state index is 0.330. The van der Waals surface area contributed by atoms with Crippen molar-refractivity contribution in [2.75, 3.05) is 0 Å². The van der Waals surface area contributed by atoms with Gasteiger partial charge >= 0.3 is 0 Å². The first-order chi connectivity index (χ1) is 4.41. The molecule has 0 saturated heterocycles. The summed E-state index contributed by atoms with van der Waals surface area (Å²) in [6.45, 7) is 3.05. The van der Waals surface area contributed by atoms with E-state index >= 15 is 0 Å². The van der Waals surface area contributed by atoms with Gasteiger partial charge in [-0.05, 0) is 13.3 Å². The summed E-state index contributed by atoms with van der Waals surface area (Å²) < 4.78 is 0. The second-order valence-corrected chi connectivity index (χ2v) is 2.43. The van der Waals surface area contributed by atoms with Crippen LogP contribution in [0.1, 0.15) is 20.3 Å². The molecule has 0 aliphatic carbocycles. The van der Waals surface area contributed by atoms with Crippen LogP contribution in [0.5, 0.6) is 0 Å². The third-order valence-corrected chi connectivity index (χ3v) is 1.42. The lowest BCUT2D eigenvalue weighted by atomic mass is 10.0. The van der Waals surface area contributed by atoms with Gasteiger partial charge in [-0.2, -0.15) is 0 Å². The molecule has 4 nitrogen and oxygen atoms in total. The van der Waals surface area contributed by atoms with Crippen molar-refractivity contribution in [2.24, 2.45) is 11.5 Å². The lowest BCUT2D eigenvalue weighted by molar-refractivity contribution is -0.131. The number of aliphatic hydroxyl groups excluding tert-OH is 1. The van der Waals surface area contributed by atoms with Crippen molar-refractivity contribution in [1.29, 1.82) is 0 Å².